The summed E-state index contributed by atoms with van der Waals surface area (Å²) in [5.41, 5.74) is 6.76. The fraction of sp³-hybridized carbons (Fsp3) is 0.538. The van der Waals surface area contributed by atoms with Crippen LogP contribution in [0.4, 0.5) is 4.39 Å². The molecule has 1 fully saturated rings. The van der Waals surface area contributed by atoms with Crippen molar-refractivity contribution >= 4 is 23.4 Å². The second-order valence-electron chi connectivity index (χ2n) is 4.46. The number of nitrogens with zero attached hydrogens (tertiary/aromatic N) is 1. The first kappa shape index (κ1) is 14.1. The summed E-state index contributed by atoms with van der Waals surface area (Å²) in [6.07, 6.45) is 1.16. The Bertz CT molecular complexity index is 374. The summed E-state index contributed by atoms with van der Waals surface area (Å²) in [4.78, 5) is 2.34. The van der Waals surface area contributed by atoms with Gasteiger partial charge in [0.05, 0.1) is 0 Å². The van der Waals surface area contributed by atoms with Gasteiger partial charge in [0.1, 0.15) is 5.82 Å². The summed E-state index contributed by atoms with van der Waals surface area (Å²) < 4.78 is 13.4. The Kier molecular flexibility index (Phi) is 5.30. The summed E-state index contributed by atoms with van der Waals surface area (Å²) in [5.74, 6) is 2.01. The zero-order valence-electron chi connectivity index (χ0n) is 10.2. The predicted molar refractivity (Wildman–Crippen MR) is 76.7 cm³/mol. The van der Waals surface area contributed by atoms with Gasteiger partial charge in [-0.25, -0.2) is 4.39 Å². The first-order valence-corrected chi connectivity index (χ1v) is 7.72. The van der Waals surface area contributed by atoms with Crippen LogP contribution in [0.1, 0.15) is 18.0 Å². The van der Waals surface area contributed by atoms with Crippen molar-refractivity contribution in [3.8, 4) is 0 Å². The van der Waals surface area contributed by atoms with E-state index >= 15 is 0 Å². The molecule has 0 saturated carbocycles. The predicted octanol–water partition coefficient (Wildman–Crippen LogP) is 2.92. The van der Waals surface area contributed by atoms with Crippen LogP contribution in [0.25, 0.3) is 0 Å². The van der Waals surface area contributed by atoms with Crippen molar-refractivity contribution < 1.29 is 4.39 Å². The average Bonchev–Trinajstić information content (AvgIpc) is 2.58. The molecular weight excluding hydrogens is 271 g/mol. The van der Waals surface area contributed by atoms with Crippen molar-refractivity contribution in [3.05, 3.63) is 34.6 Å². The maximum absolute atomic E-state index is 13.4. The molecule has 2 rings (SSSR count). The largest absolute Gasteiger partial charge is 0.329 e. The van der Waals surface area contributed by atoms with Crippen LogP contribution in [-0.4, -0.2) is 36.0 Å². The molecule has 1 atom stereocenters. The monoisotopic (exact) mass is 288 g/mol. The molecule has 1 aromatic carbocycles. The zero-order chi connectivity index (χ0) is 13.0. The topological polar surface area (TPSA) is 29.3 Å². The van der Waals surface area contributed by atoms with E-state index in [1.54, 1.807) is 6.07 Å². The molecule has 0 amide bonds. The van der Waals surface area contributed by atoms with Crippen molar-refractivity contribution in [2.24, 2.45) is 5.73 Å². The number of rotatable bonds is 3. The average molecular weight is 289 g/mol. The highest BCUT2D eigenvalue weighted by Crippen LogP contribution is 2.26. The van der Waals surface area contributed by atoms with E-state index in [2.05, 4.69) is 4.90 Å². The molecule has 0 aliphatic carbocycles. The molecule has 0 spiro atoms. The number of hydrogen-bond acceptors (Lipinski definition) is 3. The van der Waals surface area contributed by atoms with Gasteiger partial charge in [0, 0.05) is 29.9 Å². The SMILES string of the molecule is NCC(c1cc(F)cc(Cl)c1)N1CCCSCC1. The van der Waals surface area contributed by atoms with Crippen LogP contribution in [0.15, 0.2) is 18.2 Å². The molecule has 1 aromatic rings. The molecule has 2 nitrogen and oxygen atoms in total. The molecule has 1 heterocycles. The fourth-order valence-corrected chi connectivity index (χ4v) is 3.47. The van der Waals surface area contributed by atoms with Gasteiger partial charge in [0.25, 0.3) is 0 Å². The molecule has 1 aliphatic rings. The molecule has 0 radical (unpaired) electrons. The molecule has 0 aromatic heterocycles. The normalized spacial score (nSPS) is 19.5. The number of nitrogens with two attached hydrogens (primary N) is 1. The van der Waals surface area contributed by atoms with E-state index in [4.69, 9.17) is 17.3 Å². The molecule has 2 N–H and O–H groups in total. The van der Waals surface area contributed by atoms with Gasteiger partial charge < -0.3 is 5.73 Å². The standard InChI is InChI=1S/C13H18ClFN2S/c14-11-6-10(7-12(15)8-11)13(9-16)17-2-1-4-18-5-3-17/h6-8,13H,1-5,9,16H2. The van der Waals surface area contributed by atoms with Crippen LogP contribution in [0.3, 0.4) is 0 Å². The lowest BCUT2D eigenvalue weighted by Gasteiger charge is -2.29. The summed E-state index contributed by atoms with van der Waals surface area (Å²) in [6.45, 7) is 2.51. The second kappa shape index (κ2) is 6.75. The molecular formula is C13H18ClFN2S. The summed E-state index contributed by atoms with van der Waals surface area (Å²) >= 11 is 7.89. The lowest BCUT2D eigenvalue weighted by molar-refractivity contribution is 0.217. The Morgan fingerprint density at radius 2 is 2.17 bits per heavy atom. The van der Waals surface area contributed by atoms with Gasteiger partial charge in [-0.3, -0.25) is 4.90 Å². The van der Waals surface area contributed by atoms with Crippen molar-refractivity contribution in [1.29, 1.82) is 0 Å². The maximum atomic E-state index is 13.4. The Hall–Kier alpha value is -0.290. The number of benzene rings is 1. The van der Waals surface area contributed by atoms with E-state index in [0.717, 1.165) is 30.8 Å². The minimum atomic E-state index is -0.292. The van der Waals surface area contributed by atoms with Gasteiger partial charge in [-0.1, -0.05) is 11.6 Å². The van der Waals surface area contributed by atoms with Crippen molar-refractivity contribution in [3.63, 3.8) is 0 Å². The molecule has 1 saturated heterocycles. The van der Waals surface area contributed by atoms with Crippen molar-refractivity contribution in [2.45, 2.75) is 12.5 Å². The van der Waals surface area contributed by atoms with Crippen LogP contribution >= 0.6 is 23.4 Å². The minimum Gasteiger partial charge on any atom is -0.329 e. The zero-order valence-corrected chi connectivity index (χ0v) is 11.8. The van der Waals surface area contributed by atoms with Gasteiger partial charge >= 0.3 is 0 Å². The number of hydrogen-bond donors (Lipinski definition) is 1. The van der Waals surface area contributed by atoms with Crippen LogP contribution < -0.4 is 5.73 Å². The van der Waals surface area contributed by atoms with E-state index in [1.165, 1.54) is 11.8 Å². The highest BCUT2D eigenvalue weighted by atomic mass is 35.5. The molecule has 100 valence electrons. The molecule has 1 unspecified atom stereocenters. The smallest absolute Gasteiger partial charge is 0.125 e. The van der Waals surface area contributed by atoms with E-state index in [1.807, 2.05) is 17.8 Å². The van der Waals surface area contributed by atoms with E-state index in [0.29, 0.717) is 11.6 Å². The summed E-state index contributed by atoms with van der Waals surface area (Å²) in [7, 11) is 0. The third kappa shape index (κ3) is 3.60. The summed E-state index contributed by atoms with van der Waals surface area (Å²) in [5, 5.41) is 0.438. The summed E-state index contributed by atoms with van der Waals surface area (Å²) in [6, 6.07) is 4.76. The van der Waals surface area contributed by atoms with Gasteiger partial charge in [0.2, 0.25) is 0 Å². The Morgan fingerprint density at radius 3 is 2.89 bits per heavy atom. The lowest BCUT2D eigenvalue weighted by atomic mass is 10.0. The Balaban J connectivity index is 2.20. The highest BCUT2D eigenvalue weighted by Gasteiger charge is 2.21. The number of thioether (sulfide) groups is 1. The third-order valence-electron chi connectivity index (χ3n) is 3.19. The molecule has 5 heteroatoms. The van der Waals surface area contributed by atoms with Crippen LogP contribution in [0.5, 0.6) is 0 Å². The quantitative estimate of drug-likeness (QED) is 0.927. The fourth-order valence-electron chi connectivity index (χ4n) is 2.34. The molecule has 0 bridgehead atoms. The molecule has 1 aliphatic heterocycles. The molecule has 18 heavy (non-hydrogen) atoms. The van der Waals surface area contributed by atoms with Gasteiger partial charge in [0.15, 0.2) is 0 Å². The first-order valence-electron chi connectivity index (χ1n) is 6.18. The van der Waals surface area contributed by atoms with Crippen molar-refractivity contribution in [2.75, 3.05) is 31.1 Å². The number of halogens is 2. The van der Waals surface area contributed by atoms with Crippen molar-refractivity contribution in [1.82, 2.24) is 4.90 Å². The van der Waals surface area contributed by atoms with Gasteiger partial charge in [-0.2, -0.15) is 11.8 Å². The maximum Gasteiger partial charge on any atom is 0.125 e. The first-order chi connectivity index (χ1) is 8.70. The highest BCUT2D eigenvalue weighted by molar-refractivity contribution is 7.99. The van der Waals surface area contributed by atoms with Gasteiger partial charge in [-0.15, -0.1) is 0 Å². The third-order valence-corrected chi connectivity index (χ3v) is 4.46. The van der Waals surface area contributed by atoms with Crippen LogP contribution in [0.2, 0.25) is 5.02 Å². The van der Waals surface area contributed by atoms with E-state index in [-0.39, 0.29) is 11.9 Å². The van der Waals surface area contributed by atoms with Crippen LogP contribution in [0, 0.1) is 5.82 Å². The Labute approximate surface area is 117 Å². The minimum absolute atomic E-state index is 0.0666. The van der Waals surface area contributed by atoms with Crippen LogP contribution in [-0.2, 0) is 0 Å². The van der Waals surface area contributed by atoms with Gasteiger partial charge in [-0.05, 0) is 42.5 Å². The lowest BCUT2D eigenvalue weighted by Crippen LogP contribution is -2.35. The Morgan fingerprint density at radius 1 is 1.33 bits per heavy atom. The van der Waals surface area contributed by atoms with E-state index in [9.17, 15) is 4.39 Å². The second-order valence-corrected chi connectivity index (χ2v) is 6.12. The van der Waals surface area contributed by atoms with E-state index < -0.39 is 0 Å².